The lowest BCUT2D eigenvalue weighted by molar-refractivity contribution is 0.219. The fraction of sp³-hybridized carbons (Fsp3) is 0.364. The summed E-state index contributed by atoms with van der Waals surface area (Å²) in [5, 5.41) is 0. The first-order valence-electron chi connectivity index (χ1n) is 4.76. The summed E-state index contributed by atoms with van der Waals surface area (Å²) in [6.07, 6.45) is 0.681. The molecule has 4 heteroatoms. The predicted molar refractivity (Wildman–Crippen MR) is 57.1 cm³/mol. The summed E-state index contributed by atoms with van der Waals surface area (Å²) in [6, 6.07) is 4.49. The number of carbonyl (C=O) groups excluding carboxylic acids is 1. The molecule has 0 saturated heterocycles. The standard InChI is InChI=1S/C11H15FN2O/c1-8-7-9(3-4-10(8)12)5-6-14(2)11(13)15/h3-4,7H,5-6H2,1-2H3,(H2,13,15). The number of halogens is 1. The van der Waals surface area contributed by atoms with Crippen LogP contribution >= 0.6 is 0 Å². The Morgan fingerprint density at radius 1 is 1.53 bits per heavy atom. The molecule has 0 radical (unpaired) electrons. The van der Waals surface area contributed by atoms with Crippen LogP contribution in [0.3, 0.4) is 0 Å². The number of amides is 2. The Morgan fingerprint density at radius 2 is 2.20 bits per heavy atom. The van der Waals surface area contributed by atoms with Gasteiger partial charge in [-0.25, -0.2) is 9.18 Å². The fourth-order valence-corrected chi connectivity index (χ4v) is 1.27. The number of primary amides is 1. The summed E-state index contributed by atoms with van der Waals surface area (Å²) < 4.78 is 12.9. The molecule has 82 valence electrons. The van der Waals surface area contributed by atoms with Gasteiger partial charge in [0.2, 0.25) is 0 Å². The van der Waals surface area contributed by atoms with Gasteiger partial charge in [-0.15, -0.1) is 0 Å². The maximum atomic E-state index is 12.9. The summed E-state index contributed by atoms with van der Waals surface area (Å²) in [4.78, 5) is 12.2. The third-order valence-electron chi connectivity index (χ3n) is 2.33. The summed E-state index contributed by atoms with van der Waals surface area (Å²) in [7, 11) is 1.64. The molecule has 1 aromatic carbocycles. The quantitative estimate of drug-likeness (QED) is 0.810. The van der Waals surface area contributed by atoms with Crippen molar-refractivity contribution in [3.05, 3.63) is 35.1 Å². The molecule has 0 aliphatic rings. The Labute approximate surface area is 88.7 Å². The van der Waals surface area contributed by atoms with Crippen molar-refractivity contribution in [2.75, 3.05) is 13.6 Å². The Hall–Kier alpha value is -1.58. The highest BCUT2D eigenvalue weighted by atomic mass is 19.1. The van der Waals surface area contributed by atoms with Gasteiger partial charge >= 0.3 is 6.03 Å². The van der Waals surface area contributed by atoms with E-state index in [0.717, 1.165) is 5.56 Å². The number of urea groups is 1. The third kappa shape index (κ3) is 3.23. The van der Waals surface area contributed by atoms with Gasteiger partial charge in [0.05, 0.1) is 0 Å². The third-order valence-corrected chi connectivity index (χ3v) is 2.33. The normalized spacial score (nSPS) is 10.1. The minimum atomic E-state index is -0.450. The second kappa shape index (κ2) is 4.77. The van der Waals surface area contributed by atoms with Crippen molar-refractivity contribution in [3.63, 3.8) is 0 Å². The van der Waals surface area contributed by atoms with Crippen LogP contribution in [0.5, 0.6) is 0 Å². The zero-order valence-corrected chi connectivity index (χ0v) is 8.96. The second-order valence-corrected chi connectivity index (χ2v) is 3.59. The number of rotatable bonds is 3. The van der Waals surface area contributed by atoms with E-state index in [1.807, 2.05) is 0 Å². The van der Waals surface area contributed by atoms with Crippen LogP contribution in [0, 0.1) is 12.7 Å². The Bertz CT molecular complexity index is 366. The van der Waals surface area contributed by atoms with Gasteiger partial charge in [0, 0.05) is 13.6 Å². The number of aryl methyl sites for hydroxylation is 1. The number of likely N-dealkylation sites (N-methyl/N-ethyl adjacent to an activating group) is 1. The van der Waals surface area contributed by atoms with Crippen LogP contribution in [0.2, 0.25) is 0 Å². The number of nitrogens with zero attached hydrogens (tertiary/aromatic N) is 1. The van der Waals surface area contributed by atoms with Crippen LogP contribution < -0.4 is 5.73 Å². The molecule has 0 fully saturated rings. The van der Waals surface area contributed by atoms with Crippen LogP contribution in [0.1, 0.15) is 11.1 Å². The molecular formula is C11H15FN2O. The smallest absolute Gasteiger partial charge is 0.314 e. The zero-order chi connectivity index (χ0) is 11.4. The molecule has 1 aromatic rings. The monoisotopic (exact) mass is 210 g/mol. The highest BCUT2D eigenvalue weighted by Crippen LogP contribution is 2.09. The Balaban J connectivity index is 2.58. The number of hydrogen-bond donors (Lipinski definition) is 1. The van der Waals surface area contributed by atoms with Crippen LogP contribution in [-0.4, -0.2) is 24.5 Å². The average molecular weight is 210 g/mol. The predicted octanol–water partition coefficient (Wildman–Crippen LogP) is 1.69. The maximum Gasteiger partial charge on any atom is 0.314 e. The number of hydrogen-bond acceptors (Lipinski definition) is 1. The molecule has 3 nitrogen and oxygen atoms in total. The van der Waals surface area contributed by atoms with Crippen LogP contribution in [0.15, 0.2) is 18.2 Å². The molecule has 0 spiro atoms. The van der Waals surface area contributed by atoms with Crippen molar-refractivity contribution in [2.24, 2.45) is 5.73 Å². The number of benzene rings is 1. The molecule has 0 aromatic heterocycles. The van der Waals surface area contributed by atoms with E-state index < -0.39 is 6.03 Å². The molecule has 2 N–H and O–H groups in total. The molecular weight excluding hydrogens is 195 g/mol. The lowest BCUT2D eigenvalue weighted by atomic mass is 10.1. The maximum absolute atomic E-state index is 12.9. The number of carbonyl (C=O) groups is 1. The number of nitrogens with two attached hydrogens (primary N) is 1. The first-order chi connectivity index (χ1) is 7.00. The van der Waals surface area contributed by atoms with E-state index in [1.165, 1.54) is 11.0 Å². The van der Waals surface area contributed by atoms with Crippen LogP contribution in [0.25, 0.3) is 0 Å². The summed E-state index contributed by atoms with van der Waals surface area (Å²) in [5.41, 5.74) is 6.70. The van der Waals surface area contributed by atoms with Crippen molar-refractivity contribution in [3.8, 4) is 0 Å². The highest BCUT2D eigenvalue weighted by molar-refractivity contribution is 5.71. The van der Waals surface area contributed by atoms with E-state index in [4.69, 9.17) is 5.73 Å². The fourth-order valence-electron chi connectivity index (χ4n) is 1.27. The highest BCUT2D eigenvalue weighted by Gasteiger charge is 2.04. The molecule has 0 unspecified atom stereocenters. The molecule has 2 amide bonds. The van der Waals surface area contributed by atoms with Gasteiger partial charge in [-0.1, -0.05) is 12.1 Å². The van der Waals surface area contributed by atoms with Gasteiger partial charge in [-0.3, -0.25) is 0 Å². The minimum absolute atomic E-state index is 0.206. The van der Waals surface area contributed by atoms with E-state index in [-0.39, 0.29) is 5.82 Å². The Morgan fingerprint density at radius 3 is 2.73 bits per heavy atom. The summed E-state index contributed by atoms with van der Waals surface area (Å²) in [5.74, 6) is -0.206. The van der Waals surface area contributed by atoms with Gasteiger partial charge < -0.3 is 10.6 Å². The lowest BCUT2D eigenvalue weighted by Gasteiger charge is -2.13. The Kier molecular flexibility index (Phi) is 3.66. The minimum Gasteiger partial charge on any atom is -0.351 e. The first kappa shape index (κ1) is 11.5. The van der Waals surface area contributed by atoms with Crippen LogP contribution in [0.4, 0.5) is 9.18 Å². The van der Waals surface area contributed by atoms with Crippen molar-refractivity contribution in [1.82, 2.24) is 4.90 Å². The lowest BCUT2D eigenvalue weighted by Crippen LogP contribution is -2.33. The summed E-state index contributed by atoms with van der Waals surface area (Å²) >= 11 is 0. The van der Waals surface area contributed by atoms with E-state index in [2.05, 4.69) is 0 Å². The van der Waals surface area contributed by atoms with Gasteiger partial charge in [0.25, 0.3) is 0 Å². The SMILES string of the molecule is Cc1cc(CCN(C)C(N)=O)ccc1F. The molecule has 0 bridgehead atoms. The molecule has 0 saturated carbocycles. The van der Waals surface area contributed by atoms with E-state index >= 15 is 0 Å². The molecule has 0 aliphatic heterocycles. The van der Waals surface area contributed by atoms with Gasteiger partial charge in [0.1, 0.15) is 5.82 Å². The van der Waals surface area contributed by atoms with Crippen molar-refractivity contribution in [2.45, 2.75) is 13.3 Å². The van der Waals surface area contributed by atoms with E-state index in [0.29, 0.717) is 18.5 Å². The molecule has 0 aliphatic carbocycles. The van der Waals surface area contributed by atoms with E-state index in [1.54, 1.807) is 26.1 Å². The molecule has 15 heavy (non-hydrogen) atoms. The van der Waals surface area contributed by atoms with Gasteiger partial charge in [-0.2, -0.15) is 0 Å². The van der Waals surface area contributed by atoms with Crippen LogP contribution in [-0.2, 0) is 6.42 Å². The topological polar surface area (TPSA) is 46.3 Å². The van der Waals surface area contributed by atoms with Crippen molar-refractivity contribution >= 4 is 6.03 Å². The zero-order valence-electron chi connectivity index (χ0n) is 8.96. The summed E-state index contributed by atoms with van der Waals surface area (Å²) in [6.45, 7) is 2.26. The van der Waals surface area contributed by atoms with Gasteiger partial charge in [0.15, 0.2) is 0 Å². The molecule has 1 rings (SSSR count). The first-order valence-corrected chi connectivity index (χ1v) is 4.76. The largest absolute Gasteiger partial charge is 0.351 e. The van der Waals surface area contributed by atoms with Crippen molar-refractivity contribution < 1.29 is 9.18 Å². The van der Waals surface area contributed by atoms with E-state index in [9.17, 15) is 9.18 Å². The molecule has 0 heterocycles. The van der Waals surface area contributed by atoms with Crippen molar-refractivity contribution in [1.29, 1.82) is 0 Å². The van der Waals surface area contributed by atoms with Gasteiger partial charge in [-0.05, 0) is 30.5 Å². The second-order valence-electron chi connectivity index (χ2n) is 3.59. The average Bonchev–Trinajstić information content (AvgIpc) is 2.19. The molecule has 0 atom stereocenters.